The topological polar surface area (TPSA) is 95.3 Å². The maximum Gasteiger partial charge on any atom is 0.323 e. The Balaban J connectivity index is 1.35. The third-order valence-electron chi connectivity index (χ3n) is 6.78. The second-order valence-electron chi connectivity index (χ2n) is 9.49. The van der Waals surface area contributed by atoms with Crippen LogP contribution in [-0.2, 0) is 13.6 Å². The molecule has 0 unspecified atom stereocenters. The van der Waals surface area contributed by atoms with Crippen LogP contribution >= 0.6 is 0 Å². The molecule has 198 valence electrons. The smallest absolute Gasteiger partial charge is 0.323 e. The zero-order valence-electron chi connectivity index (χ0n) is 20.9. The third kappa shape index (κ3) is 5.20. The highest BCUT2D eigenvalue weighted by atomic mass is 19.2. The van der Waals surface area contributed by atoms with Gasteiger partial charge in [0, 0.05) is 49.4 Å². The van der Waals surface area contributed by atoms with E-state index in [1.165, 1.54) is 0 Å². The molecule has 0 spiro atoms. The minimum Gasteiger partial charge on any atom is -0.393 e. The average molecular weight is 525 g/mol. The van der Waals surface area contributed by atoms with Gasteiger partial charge in [0.2, 0.25) is 0 Å². The van der Waals surface area contributed by atoms with E-state index < -0.39 is 34.7 Å². The van der Waals surface area contributed by atoms with E-state index in [0.717, 1.165) is 60.7 Å². The number of aliphatic hydroxyl groups excluding tert-OH is 1. The number of aryl methyl sites for hydroxylation is 1. The molecule has 0 saturated carbocycles. The first kappa shape index (κ1) is 25.7. The molecule has 38 heavy (non-hydrogen) atoms. The Bertz CT molecular complexity index is 1500. The van der Waals surface area contributed by atoms with E-state index in [2.05, 4.69) is 20.6 Å². The molecule has 2 amide bonds. The molecule has 2 aromatic carbocycles. The number of carbonyl (C=O) groups excluding carboxylic acids is 1. The maximum absolute atomic E-state index is 14.2. The second-order valence-corrected chi connectivity index (χ2v) is 9.49. The van der Waals surface area contributed by atoms with Gasteiger partial charge in [0.25, 0.3) is 0 Å². The Labute approximate surface area is 217 Å². The summed E-state index contributed by atoms with van der Waals surface area (Å²) in [7, 11) is 1.84. The van der Waals surface area contributed by atoms with Gasteiger partial charge in [-0.15, -0.1) is 0 Å². The summed E-state index contributed by atoms with van der Waals surface area (Å²) < 4.78 is 43.1. The molecule has 1 saturated heterocycles. The first-order valence-corrected chi connectivity index (χ1v) is 12.2. The molecule has 1 fully saturated rings. The molecule has 2 aromatic heterocycles. The van der Waals surface area contributed by atoms with Gasteiger partial charge in [-0.1, -0.05) is 12.1 Å². The van der Waals surface area contributed by atoms with Crippen LogP contribution in [0.4, 0.5) is 29.3 Å². The van der Waals surface area contributed by atoms with Gasteiger partial charge >= 0.3 is 6.03 Å². The first-order valence-electron chi connectivity index (χ1n) is 12.2. The zero-order valence-corrected chi connectivity index (χ0v) is 20.9. The van der Waals surface area contributed by atoms with Gasteiger partial charge in [0.05, 0.1) is 23.7 Å². The number of hydrogen-bond donors (Lipinski definition) is 3. The van der Waals surface area contributed by atoms with Crippen LogP contribution in [0.15, 0.2) is 42.6 Å². The molecule has 8 nitrogen and oxygen atoms in total. The van der Waals surface area contributed by atoms with Crippen molar-refractivity contribution in [2.45, 2.75) is 32.4 Å². The lowest BCUT2D eigenvalue weighted by atomic mass is 10.0. The van der Waals surface area contributed by atoms with Crippen molar-refractivity contribution < 1.29 is 23.1 Å². The number of amides is 2. The quantitative estimate of drug-likeness (QED) is 0.321. The van der Waals surface area contributed by atoms with Crippen LogP contribution < -0.4 is 10.6 Å². The van der Waals surface area contributed by atoms with Crippen LogP contribution in [0.2, 0.25) is 0 Å². The highest BCUT2D eigenvalue weighted by molar-refractivity contribution is 6.00. The van der Waals surface area contributed by atoms with E-state index in [-0.39, 0.29) is 6.10 Å². The highest BCUT2D eigenvalue weighted by Crippen LogP contribution is 2.30. The summed E-state index contributed by atoms with van der Waals surface area (Å²) in [4.78, 5) is 19.5. The molecule has 3 heterocycles. The van der Waals surface area contributed by atoms with Crippen LogP contribution in [0.25, 0.3) is 22.2 Å². The summed E-state index contributed by atoms with van der Waals surface area (Å²) in [5.41, 5.74) is 2.91. The number of carbonyl (C=O) groups is 1. The van der Waals surface area contributed by atoms with Gasteiger partial charge in [0.15, 0.2) is 23.1 Å². The number of aliphatic hydroxyl groups is 1. The number of rotatable bonds is 5. The molecule has 11 heteroatoms. The highest BCUT2D eigenvalue weighted by Gasteiger charge is 2.20. The van der Waals surface area contributed by atoms with Crippen LogP contribution in [0, 0.1) is 24.4 Å². The van der Waals surface area contributed by atoms with Gasteiger partial charge in [-0.2, -0.15) is 5.10 Å². The average Bonchev–Trinajstić information content (AvgIpc) is 3.28. The number of nitrogens with zero attached hydrogens (tertiary/aromatic N) is 4. The largest absolute Gasteiger partial charge is 0.393 e. The molecule has 1 aliphatic rings. The lowest BCUT2D eigenvalue weighted by molar-refractivity contribution is 0.0787. The number of fused-ring (bicyclic) bond motifs is 1. The molecule has 4 aromatic rings. The number of urea groups is 1. The fraction of sp³-hybridized carbons (Fsp3) is 0.296. The van der Waals surface area contributed by atoms with Crippen LogP contribution in [0.3, 0.4) is 0 Å². The molecular weight excluding hydrogens is 497 g/mol. The van der Waals surface area contributed by atoms with Gasteiger partial charge < -0.3 is 15.7 Å². The fourth-order valence-electron chi connectivity index (χ4n) is 4.63. The number of halogens is 3. The Morgan fingerprint density at radius 3 is 2.50 bits per heavy atom. The van der Waals surface area contributed by atoms with Gasteiger partial charge in [-0.05, 0) is 49.1 Å². The summed E-state index contributed by atoms with van der Waals surface area (Å²) in [5.74, 6) is -3.58. The SMILES string of the molecule is Cc1c(F)c(F)cc(NC(=O)Nc2ccc(-c3cc(CN4CCC(O)CC4)nc4c3cnn4C)cc2)c1F. The molecular formula is C27H27F3N6O2. The van der Waals surface area contributed by atoms with Crippen molar-refractivity contribution in [2.24, 2.45) is 7.05 Å². The zero-order chi connectivity index (χ0) is 27.0. The summed E-state index contributed by atoms with van der Waals surface area (Å²) in [6.07, 6.45) is 3.00. The van der Waals surface area contributed by atoms with E-state index in [1.54, 1.807) is 23.0 Å². The van der Waals surface area contributed by atoms with Crippen molar-refractivity contribution in [3.05, 3.63) is 71.3 Å². The second kappa shape index (κ2) is 10.4. The van der Waals surface area contributed by atoms with Crippen molar-refractivity contribution in [3.63, 3.8) is 0 Å². The van der Waals surface area contributed by atoms with Crippen molar-refractivity contribution >= 4 is 28.4 Å². The maximum atomic E-state index is 14.2. The third-order valence-corrected chi connectivity index (χ3v) is 6.78. The number of likely N-dealkylation sites (tertiary alicyclic amines) is 1. The number of pyridine rings is 1. The normalized spacial score (nSPS) is 14.7. The molecule has 1 aliphatic heterocycles. The number of piperidine rings is 1. The standard InChI is InChI=1S/C27H27F3N6O2/c1-15-24(29)22(28)12-23(25(15)30)34-27(38)33-17-5-3-16(4-6-17)20-11-18(14-36-9-7-19(37)8-10-36)32-26-21(20)13-31-35(26)2/h3-6,11-13,19,37H,7-10,14H2,1-2H3,(H2,33,34,38). The Kier molecular flexibility index (Phi) is 7.04. The van der Waals surface area contributed by atoms with Crippen molar-refractivity contribution in [1.82, 2.24) is 19.7 Å². The van der Waals surface area contributed by atoms with E-state index in [0.29, 0.717) is 18.3 Å². The Morgan fingerprint density at radius 1 is 1.08 bits per heavy atom. The number of hydrogen-bond acceptors (Lipinski definition) is 5. The Hall–Kier alpha value is -3.96. The number of aromatic nitrogens is 3. The molecule has 3 N–H and O–H groups in total. The monoisotopic (exact) mass is 524 g/mol. The van der Waals surface area contributed by atoms with Crippen molar-refractivity contribution in [3.8, 4) is 11.1 Å². The van der Waals surface area contributed by atoms with E-state index in [4.69, 9.17) is 4.98 Å². The number of benzene rings is 2. The summed E-state index contributed by atoms with van der Waals surface area (Å²) in [6.45, 7) is 3.35. The lowest BCUT2D eigenvalue weighted by Crippen LogP contribution is -2.35. The van der Waals surface area contributed by atoms with Crippen LogP contribution in [0.5, 0.6) is 0 Å². The first-order chi connectivity index (χ1) is 18.2. The van der Waals surface area contributed by atoms with Gasteiger partial charge in [0.1, 0.15) is 0 Å². The summed E-state index contributed by atoms with van der Waals surface area (Å²) in [5, 5.41) is 19.8. The lowest BCUT2D eigenvalue weighted by Gasteiger charge is -2.29. The molecule has 0 radical (unpaired) electrons. The molecule has 5 rings (SSSR count). The fourth-order valence-corrected chi connectivity index (χ4v) is 4.63. The number of anilines is 2. The summed E-state index contributed by atoms with van der Waals surface area (Å²) in [6, 6.07) is 8.88. The minimum atomic E-state index is -1.29. The van der Waals surface area contributed by atoms with Gasteiger partial charge in [-0.25, -0.2) is 22.9 Å². The van der Waals surface area contributed by atoms with E-state index in [9.17, 15) is 23.1 Å². The van der Waals surface area contributed by atoms with Crippen LogP contribution in [0.1, 0.15) is 24.1 Å². The molecule has 0 aliphatic carbocycles. The minimum absolute atomic E-state index is 0.247. The predicted molar refractivity (Wildman–Crippen MR) is 138 cm³/mol. The van der Waals surface area contributed by atoms with Gasteiger partial charge in [-0.3, -0.25) is 9.58 Å². The Morgan fingerprint density at radius 2 is 1.79 bits per heavy atom. The van der Waals surface area contributed by atoms with Crippen molar-refractivity contribution in [2.75, 3.05) is 23.7 Å². The molecule has 0 bridgehead atoms. The van der Waals surface area contributed by atoms with Crippen molar-refractivity contribution in [1.29, 1.82) is 0 Å². The van der Waals surface area contributed by atoms with E-state index in [1.807, 2.05) is 25.2 Å². The van der Waals surface area contributed by atoms with E-state index >= 15 is 0 Å². The molecule has 0 atom stereocenters. The predicted octanol–water partition coefficient (Wildman–Crippen LogP) is 4.96. The van der Waals surface area contributed by atoms with Crippen LogP contribution in [-0.4, -0.2) is 50.0 Å². The summed E-state index contributed by atoms with van der Waals surface area (Å²) >= 11 is 0. The number of nitrogens with one attached hydrogen (secondary N) is 2.